The average Bonchev–Trinajstić information content (AvgIpc) is 3.28. The van der Waals surface area contributed by atoms with E-state index in [9.17, 15) is 4.79 Å². The molecule has 1 atom stereocenters. The maximum absolute atomic E-state index is 12.9. The molecule has 0 saturated carbocycles. The predicted molar refractivity (Wildman–Crippen MR) is 104 cm³/mol. The van der Waals surface area contributed by atoms with Gasteiger partial charge in [-0.1, -0.05) is 0 Å². The van der Waals surface area contributed by atoms with E-state index >= 15 is 0 Å². The van der Waals surface area contributed by atoms with Gasteiger partial charge in [-0.3, -0.25) is 4.79 Å². The molecule has 2 aliphatic heterocycles. The number of hydrogen-bond donors (Lipinski definition) is 1. The molecule has 1 N–H and O–H groups in total. The number of carbonyl (C=O) groups excluding carboxylic acids is 1. The molecule has 7 nitrogen and oxygen atoms in total. The lowest BCUT2D eigenvalue weighted by atomic mass is 10.1. The number of methoxy groups -OCH3 is 1. The van der Waals surface area contributed by atoms with Gasteiger partial charge in [-0.05, 0) is 43.7 Å². The lowest BCUT2D eigenvalue weighted by molar-refractivity contribution is 0.0733. The lowest BCUT2D eigenvalue weighted by Crippen LogP contribution is -2.36. The number of hydrogen-bond acceptors (Lipinski definition) is 6. The second kappa shape index (κ2) is 8.67. The number of ether oxygens (including phenoxy) is 2. The summed E-state index contributed by atoms with van der Waals surface area (Å²) in [6.07, 6.45) is 4.92. The van der Waals surface area contributed by atoms with E-state index in [-0.39, 0.29) is 11.9 Å². The van der Waals surface area contributed by atoms with E-state index in [4.69, 9.17) is 14.5 Å². The monoisotopic (exact) mass is 382 g/mol. The standard InChI is InChI=1S/C21H26N4O3/c1-27-11-12-28-17-6-4-15(5-7-17)21(26)25-10-8-18-16(14-25)13-23-20(24-18)19-3-2-9-22-19/h4-7,13,19,22H,2-3,8-12,14H2,1H3/t19-/m0/s1. The molecule has 1 saturated heterocycles. The van der Waals surface area contributed by atoms with Crippen LogP contribution in [-0.4, -0.2) is 54.2 Å². The van der Waals surface area contributed by atoms with Gasteiger partial charge in [0.2, 0.25) is 0 Å². The molecular weight excluding hydrogens is 356 g/mol. The zero-order chi connectivity index (χ0) is 19.3. The number of rotatable bonds is 6. The van der Waals surface area contributed by atoms with Crippen LogP contribution in [0.1, 0.15) is 46.3 Å². The highest BCUT2D eigenvalue weighted by molar-refractivity contribution is 5.94. The Bertz CT molecular complexity index is 819. The van der Waals surface area contributed by atoms with Gasteiger partial charge in [-0.15, -0.1) is 0 Å². The van der Waals surface area contributed by atoms with Crippen molar-refractivity contribution >= 4 is 5.91 Å². The predicted octanol–water partition coefficient (Wildman–Crippen LogP) is 2.12. The summed E-state index contributed by atoms with van der Waals surface area (Å²) >= 11 is 0. The molecule has 1 aromatic carbocycles. The van der Waals surface area contributed by atoms with Crippen molar-refractivity contribution in [2.45, 2.75) is 31.8 Å². The van der Waals surface area contributed by atoms with Gasteiger partial charge in [0.05, 0.1) is 18.3 Å². The molecule has 1 fully saturated rings. The SMILES string of the molecule is COCCOc1ccc(C(=O)N2CCc3nc([C@@H]4CCCN4)ncc3C2)cc1. The molecule has 3 heterocycles. The molecule has 1 aromatic heterocycles. The third-order valence-corrected chi connectivity index (χ3v) is 5.27. The highest BCUT2D eigenvalue weighted by Gasteiger charge is 2.25. The number of nitrogens with zero attached hydrogens (tertiary/aromatic N) is 3. The Labute approximate surface area is 165 Å². The molecule has 2 aromatic rings. The summed E-state index contributed by atoms with van der Waals surface area (Å²) in [6.45, 7) is 3.29. The fourth-order valence-corrected chi connectivity index (χ4v) is 3.70. The van der Waals surface area contributed by atoms with Gasteiger partial charge in [0.1, 0.15) is 18.2 Å². The van der Waals surface area contributed by atoms with Crippen molar-refractivity contribution in [2.24, 2.45) is 0 Å². The van der Waals surface area contributed by atoms with Gasteiger partial charge in [-0.25, -0.2) is 9.97 Å². The van der Waals surface area contributed by atoms with Crippen molar-refractivity contribution in [3.63, 3.8) is 0 Å². The van der Waals surface area contributed by atoms with Crippen molar-refractivity contribution in [2.75, 3.05) is 33.4 Å². The van der Waals surface area contributed by atoms with Crippen molar-refractivity contribution in [1.82, 2.24) is 20.2 Å². The van der Waals surface area contributed by atoms with Gasteiger partial charge in [-0.2, -0.15) is 0 Å². The number of fused-ring (bicyclic) bond motifs is 1. The van der Waals surface area contributed by atoms with E-state index in [1.165, 1.54) is 6.42 Å². The van der Waals surface area contributed by atoms with E-state index < -0.39 is 0 Å². The maximum atomic E-state index is 12.9. The smallest absolute Gasteiger partial charge is 0.254 e. The third-order valence-electron chi connectivity index (χ3n) is 5.27. The molecule has 1 amide bonds. The van der Waals surface area contributed by atoms with Crippen LogP contribution in [0.15, 0.2) is 30.5 Å². The van der Waals surface area contributed by atoms with Crippen LogP contribution in [0, 0.1) is 0 Å². The molecule has 148 valence electrons. The summed E-state index contributed by atoms with van der Waals surface area (Å²) in [4.78, 5) is 24.1. The highest BCUT2D eigenvalue weighted by atomic mass is 16.5. The minimum absolute atomic E-state index is 0.0237. The van der Waals surface area contributed by atoms with E-state index in [1.807, 2.05) is 35.4 Å². The normalized spacial score (nSPS) is 18.8. The van der Waals surface area contributed by atoms with Gasteiger partial charge >= 0.3 is 0 Å². The summed E-state index contributed by atoms with van der Waals surface area (Å²) in [5.74, 6) is 1.65. The number of benzene rings is 1. The molecular formula is C21H26N4O3. The van der Waals surface area contributed by atoms with Crippen LogP contribution in [0.4, 0.5) is 0 Å². The van der Waals surface area contributed by atoms with Crippen molar-refractivity contribution in [1.29, 1.82) is 0 Å². The zero-order valence-corrected chi connectivity index (χ0v) is 16.2. The van der Waals surface area contributed by atoms with E-state index in [1.54, 1.807) is 7.11 Å². The Morgan fingerprint density at radius 2 is 2.14 bits per heavy atom. The largest absolute Gasteiger partial charge is 0.491 e. The molecule has 2 aliphatic rings. The van der Waals surface area contributed by atoms with Crippen molar-refractivity contribution in [3.05, 3.63) is 53.1 Å². The first-order chi connectivity index (χ1) is 13.7. The summed E-state index contributed by atoms with van der Waals surface area (Å²) in [6, 6.07) is 7.54. The van der Waals surface area contributed by atoms with Crippen LogP contribution in [-0.2, 0) is 17.7 Å². The quantitative estimate of drug-likeness (QED) is 0.772. The summed E-state index contributed by atoms with van der Waals surface area (Å²) < 4.78 is 10.5. The lowest BCUT2D eigenvalue weighted by Gasteiger charge is -2.28. The first-order valence-electron chi connectivity index (χ1n) is 9.84. The number of aromatic nitrogens is 2. The van der Waals surface area contributed by atoms with Crippen LogP contribution < -0.4 is 10.1 Å². The highest BCUT2D eigenvalue weighted by Crippen LogP contribution is 2.24. The van der Waals surface area contributed by atoms with Gasteiger partial charge < -0.3 is 19.7 Å². The van der Waals surface area contributed by atoms with E-state index in [0.717, 1.165) is 42.2 Å². The Morgan fingerprint density at radius 3 is 2.89 bits per heavy atom. The third kappa shape index (κ3) is 4.15. The maximum Gasteiger partial charge on any atom is 0.254 e. The molecule has 7 heteroatoms. The van der Waals surface area contributed by atoms with Crippen LogP contribution in [0.2, 0.25) is 0 Å². The molecule has 0 spiro atoms. The Hall–Kier alpha value is -2.51. The van der Waals surface area contributed by atoms with Crippen molar-refractivity contribution < 1.29 is 14.3 Å². The number of nitrogens with one attached hydrogen (secondary N) is 1. The van der Waals surface area contributed by atoms with Crippen LogP contribution in [0.25, 0.3) is 0 Å². The van der Waals surface area contributed by atoms with Crippen LogP contribution >= 0.6 is 0 Å². The molecule has 0 unspecified atom stereocenters. The summed E-state index contributed by atoms with van der Waals surface area (Å²) in [7, 11) is 1.64. The van der Waals surface area contributed by atoms with Crippen LogP contribution in [0.5, 0.6) is 5.75 Å². The Balaban J connectivity index is 1.40. The topological polar surface area (TPSA) is 76.6 Å². The molecule has 0 bridgehead atoms. The average molecular weight is 382 g/mol. The number of amides is 1. The first kappa shape index (κ1) is 18.8. The van der Waals surface area contributed by atoms with Gasteiger partial charge in [0.25, 0.3) is 5.91 Å². The number of carbonyl (C=O) groups is 1. The minimum atomic E-state index is 0.0237. The van der Waals surface area contributed by atoms with Gasteiger partial charge in [0.15, 0.2) is 0 Å². The Morgan fingerprint density at radius 1 is 1.29 bits per heavy atom. The van der Waals surface area contributed by atoms with Crippen molar-refractivity contribution in [3.8, 4) is 5.75 Å². The summed E-state index contributed by atoms with van der Waals surface area (Å²) in [5, 5.41) is 3.44. The Kier molecular flexibility index (Phi) is 5.83. The molecule has 0 aliphatic carbocycles. The van der Waals surface area contributed by atoms with E-state index in [0.29, 0.717) is 31.9 Å². The zero-order valence-electron chi connectivity index (χ0n) is 16.2. The second-order valence-electron chi connectivity index (χ2n) is 7.19. The second-order valence-corrected chi connectivity index (χ2v) is 7.19. The molecule has 28 heavy (non-hydrogen) atoms. The minimum Gasteiger partial charge on any atom is -0.491 e. The first-order valence-corrected chi connectivity index (χ1v) is 9.84. The molecule has 0 radical (unpaired) electrons. The van der Waals surface area contributed by atoms with Crippen LogP contribution in [0.3, 0.4) is 0 Å². The molecule has 4 rings (SSSR count). The fraction of sp³-hybridized carbons (Fsp3) is 0.476. The fourth-order valence-electron chi connectivity index (χ4n) is 3.70. The van der Waals surface area contributed by atoms with Gasteiger partial charge in [0, 0.05) is 43.9 Å². The summed E-state index contributed by atoms with van der Waals surface area (Å²) in [5.41, 5.74) is 2.78. The van der Waals surface area contributed by atoms with E-state index in [2.05, 4.69) is 10.3 Å².